The Bertz CT molecular complexity index is 459. The number of nitrogens with one attached hydrogen (secondary N) is 1. The molecule has 2 unspecified atom stereocenters. The van der Waals surface area contributed by atoms with Gasteiger partial charge in [0.1, 0.15) is 12.4 Å². The van der Waals surface area contributed by atoms with E-state index in [-0.39, 0.29) is 18.1 Å². The lowest BCUT2D eigenvalue weighted by Crippen LogP contribution is -2.44. The van der Waals surface area contributed by atoms with Crippen LogP contribution in [0.25, 0.3) is 0 Å². The summed E-state index contributed by atoms with van der Waals surface area (Å²) in [6.07, 6.45) is 0.520. The van der Waals surface area contributed by atoms with Gasteiger partial charge in [0.05, 0.1) is 12.6 Å². The average Bonchev–Trinajstić information content (AvgIpc) is 3.13. The van der Waals surface area contributed by atoms with Crippen molar-refractivity contribution in [2.75, 3.05) is 13.2 Å². The minimum absolute atomic E-state index is 0.0142. The van der Waals surface area contributed by atoms with Crippen LogP contribution in [0, 0.1) is 0 Å². The van der Waals surface area contributed by atoms with Crippen LogP contribution >= 0.6 is 11.6 Å². The average molecular weight is 254 g/mol. The zero-order valence-corrected chi connectivity index (χ0v) is 9.87. The Labute approximate surface area is 104 Å². The fraction of sp³-hybridized carbons (Fsp3) is 0.417. The van der Waals surface area contributed by atoms with E-state index in [0.29, 0.717) is 18.2 Å². The van der Waals surface area contributed by atoms with Gasteiger partial charge in [-0.1, -0.05) is 17.7 Å². The Morgan fingerprint density at radius 3 is 3.00 bits per heavy atom. The fourth-order valence-corrected chi connectivity index (χ4v) is 2.09. The lowest BCUT2D eigenvalue weighted by molar-refractivity contribution is -0.123. The van der Waals surface area contributed by atoms with Crippen molar-refractivity contribution in [3.63, 3.8) is 0 Å². The van der Waals surface area contributed by atoms with Crippen LogP contribution in [0.1, 0.15) is 5.56 Å². The van der Waals surface area contributed by atoms with Gasteiger partial charge in [-0.3, -0.25) is 4.79 Å². The molecule has 4 nitrogen and oxygen atoms in total. The molecule has 1 aromatic carbocycles. The Balaban J connectivity index is 1.67. The largest absolute Gasteiger partial charge is 0.491 e. The van der Waals surface area contributed by atoms with Crippen molar-refractivity contribution in [1.29, 1.82) is 0 Å². The molecular weight excluding hydrogens is 242 g/mol. The van der Waals surface area contributed by atoms with Crippen LogP contribution in [0.3, 0.4) is 0 Å². The molecule has 2 heterocycles. The number of amides is 1. The molecule has 1 N–H and O–H groups in total. The summed E-state index contributed by atoms with van der Waals surface area (Å²) in [6, 6.07) is 5.58. The van der Waals surface area contributed by atoms with Crippen molar-refractivity contribution in [3.8, 4) is 5.75 Å². The molecule has 1 saturated heterocycles. The SMILES string of the molecule is O=C(NC1COc2cc(Cl)ccc2C1)C1CO1. The van der Waals surface area contributed by atoms with Crippen LogP contribution in [-0.2, 0) is 16.0 Å². The number of benzene rings is 1. The van der Waals surface area contributed by atoms with Gasteiger partial charge in [-0.05, 0) is 24.1 Å². The topological polar surface area (TPSA) is 50.9 Å². The highest BCUT2D eigenvalue weighted by Crippen LogP contribution is 2.28. The predicted molar refractivity (Wildman–Crippen MR) is 62.3 cm³/mol. The van der Waals surface area contributed by atoms with E-state index in [1.807, 2.05) is 12.1 Å². The van der Waals surface area contributed by atoms with Gasteiger partial charge in [-0.25, -0.2) is 0 Å². The molecule has 1 aromatic rings. The number of rotatable bonds is 2. The predicted octanol–water partition coefficient (Wildman–Crippen LogP) is 1.16. The number of hydrogen-bond donors (Lipinski definition) is 1. The lowest BCUT2D eigenvalue weighted by Gasteiger charge is -2.26. The van der Waals surface area contributed by atoms with Crippen molar-refractivity contribution >= 4 is 17.5 Å². The molecular formula is C12H12ClNO3. The smallest absolute Gasteiger partial charge is 0.251 e. The number of epoxide rings is 1. The minimum Gasteiger partial charge on any atom is -0.491 e. The normalized spacial score (nSPS) is 25.7. The number of carbonyl (C=O) groups is 1. The van der Waals surface area contributed by atoms with E-state index in [4.69, 9.17) is 21.1 Å². The number of hydrogen-bond acceptors (Lipinski definition) is 3. The van der Waals surface area contributed by atoms with Gasteiger partial charge < -0.3 is 14.8 Å². The summed E-state index contributed by atoms with van der Waals surface area (Å²) in [5, 5.41) is 3.58. The molecule has 2 aliphatic heterocycles. The van der Waals surface area contributed by atoms with E-state index >= 15 is 0 Å². The molecule has 5 heteroatoms. The summed E-state index contributed by atoms with van der Waals surface area (Å²) in [4.78, 5) is 11.5. The monoisotopic (exact) mass is 253 g/mol. The quantitative estimate of drug-likeness (QED) is 0.805. The zero-order valence-electron chi connectivity index (χ0n) is 9.11. The number of halogens is 1. The molecule has 17 heavy (non-hydrogen) atoms. The summed E-state index contributed by atoms with van der Waals surface area (Å²) >= 11 is 5.88. The first-order chi connectivity index (χ1) is 8.22. The first-order valence-electron chi connectivity index (χ1n) is 5.55. The van der Waals surface area contributed by atoms with Crippen molar-refractivity contribution < 1.29 is 14.3 Å². The number of fused-ring (bicyclic) bond motifs is 1. The van der Waals surface area contributed by atoms with Gasteiger partial charge in [0, 0.05) is 5.02 Å². The molecule has 3 rings (SSSR count). The Kier molecular flexibility index (Phi) is 2.68. The summed E-state index contributed by atoms with van der Waals surface area (Å²) in [7, 11) is 0. The molecule has 2 aliphatic rings. The summed E-state index contributed by atoms with van der Waals surface area (Å²) < 4.78 is 10.5. The van der Waals surface area contributed by atoms with Crippen molar-refractivity contribution in [1.82, 2.24) is 5.32 Å². The Hall–Kier alpha value is -1.26. The highest BCUT2D eigenvalue weighted by Gasteiger charge is 2.33. The zero-order chi connectivity index (χ0) is 11.8. The van der Waals surface area contributed by atoms with Gasteiger partial charge in [-0.2, -0.15) is 0 Å². The van der Waals surface area contributed by atoms with E-state index in [1.54, 1.807) is 6.07 Å². The molecule has 90 valence electrons. The highest BCUT2D eigenvalue weighted by molar-refractivity contribution is 6.30. The molecule has 0 aliphatic carbocycles. The standard InChI is InChI=1S/C12H12ClNO3/c13-8-2-1-7-3-9(5-16-10(7)4-8)14-12(15)11-6-17-11/h1-2,4,9,11H,3,5-6H2,(H,14,15). The van der Waals surface area contributed by atoms with Crippen LogP contribution in [0.15, 0.2) is 18.2 Å². The van der Waals surface area contributed by atoms with Gasteiger partial charge in [0.2, 0.25) is 0 Å². The van der Waals surface area contributed by atoms with Gasteiger partial charge >= 0.3 is 0 Å². The molecule has 0 radical (unpaired) electrons. The van der Waals surface area contributed by atoms with E-state index in [9.17, 15) is 4.79 Å². The second kappa shape index (κ2) is 4.20. The summed E-state index contributed by atoms with van der Waals surface area (Å²) in [5.74, 6) is 0.765. The first kappa shape index (κ1) is 10.9. The number of ether oxygens (including phenoxy) is 2. The molecule has 0 spiro atoms. The van der Waals surface area contributed by atoms with Crippen LogP contribution < -0.4 is 10.1 Å². The van der Waals surface area contributed by atoms with E-state index in [1.165, 1.54) is 0 Å². The number of carbonyl (C=O) groups excluding carboxylic acids is 1. The van der Waals surface area contributed by atoms with E-state index in [0.717, 1.165) is 17.7 Å². The Morgan fingerprint density at radius 2 is 2.24 bits per heavy atom. The van der Waals surface area contributed by atoms with E-state index < -0.39 is 0 Å². The van der Waals surface area contributed by atoms with Crippen LogP contribution in [0.5, 0.6) is 5.75 Å². The lowest BCUT2D eigenvalue weighted by atomic mass is 10.0. The second-order valence-electron chi connectivity index (χ2n) is 4.29. The van der Waals surface area contributed by atoms with Crippen LogP contribution in [-0.4, -0.2) is 31.3 Å². The van der Waals surface area contributed by atoms with Crippen LogP contribution in [0.2, 0.25) is 5.02 Å². The third kappa shape index (κ3) is 2.37. The summed E-state index contributed by atoms with van der Waals surface area (Å²) in [6.45, 7) is 1.01. The minimum atomic E-state index is -0.249. The second-order valence-corrected chi connectivity index (χ2v) is 4.73. The molecule has 2 atom stereocenters. The van der Waals surface area contributed by atoms with Crippen LogP contribution in [0.4, 0.5) is 0 Å². The van der Waals surface area contributed by atoms with Crippen molar-refractivity contribution in [2.45, 2.75) is 18.6 Å². The van der Waals surface area contributed by atoms with Gasteiger partial charge in [0.25, 0.3) is 5.91 Å². The summed E-state index contributed by atoms with van der Waals surface area (Å²) in [5.41, 5.74) is 1.07. The van der Waals surface area contributed by atoms with Gasteiger partial charge in [0.15, 0.2) is 6.10 Å². The van der Waals surface area contributed by atoms with Crippen molar-refractivity contribution in [2.24, 2.45) is 0 Å². The third-order valence-electron chi connectivity index (χ3n) is 2.91. The molecule has 1 amide bonds. The molecule has 0 bridgehead atoms. The first-order valence-corrected chi connectivity index (χ1v) is 5.93. The van der Waals surface area contributed by atoms with Gasteiger partial charge in [-0.15, -0.1) is 0 Å². The maximum Gasteiger partial charge on any atom is 0.251 e. The van der Waals surface area contributed by atoms with Crippen molar-refractivity contribution in [3.05, 3.63) is 28.8 Å². The highest BCUT2D eigenvalue weighted by atomic mass is 35.5. The maximum atomic E-state index is 11.5. The molecule has 0 aromatic heterocycles. The third-order valence-corrected chi connectivity index (χ3v) is 3.14. The molecule has 0 saturated carbocycles. The Morgan fingerprint density at radius 1 is 1.41 bits per heavy atom. The maximum absolute atomic E-state index is 11.5. The fourth-order valence-electron chi connectivity index (χ4n) is 1.93. The molecule has 1 fully saturated rings. The van der Waals surface area contributed by atoms with E-state index in [2.05, 4.69) is 5.32 Å².